The molecular weight excluding hydrogens is 326 g/mol. The highest BCUT2D eigenvalue weighted by Gasteiger charge is 2.20. The van der Waals surface area contributed by atoms with Crippen LogP contribution in [-0.4, -0.2) is 29.1 Å². The molecule has 0 amide bonds. The first kappa shape index (κ1) is 14.2. The molecule has 20 heavy (non-hydrogen) atoms. The molecule has 0 radical (unpaired) electrons. The summed E-state index contributed by atoms with van der Waals surface area (Å²) in [5.41, 5.74) is 1.03. The van der Waals surface area contributed by atoms with Crippen molar-refractivity contribution in [2.24, 2.45) is 0 Å². The number of methoxy groups -OCH3 is 1. The molecule has 0 spiro atoms. The fourth-order valence-corrected chi connectivity index (χ4v) is 2.24. The molecule has 0 unspecified atom stereocenters. The van der Waals surface area contributed by atoms with E-state index in [0.29, 0.717) is 15.6 Å². The zero-order chi connectivity index (χ0) is 14.7. The lowest BCUT2D eigenvalue weighted by Crippen LogP contribution is -2.08. The molecule has 2 aromatic rings. The maximum absolute atomic E-state index is 11.8. The van der Waals surface area contributed by atoms with Crippen molar-refractivity contribution in [2.75, 3.05) is 7.11 Å². The summed E-state index contributed by atoms with van der Waals surface area (Å²) in [7, 11) is 1.25. The number of rotatable bonds is 3. The number of esters is 1. The van der Waals surface area contributed by atoms with Crippen LogP contribution in [0.15, 0.2) is 41.1 Å². The van der Waals surface area contributed by atoms with Crippen LogP contribution < -0.4 is 0 Å². The van der Waals surface area contributed by atoms with E-state index in [2.05, 4.69) is 20.9 Å². The maximum atomic E-state index is 11.8. The number of hydrogen-bond donors (Lipinski definition) is 1. The number of carbonyl (C=O) groups is 2. The Bertz CT molecular complexity index is 685. The van der Waals surface area contributed by atoms with Gasteiger partial charge in [0.1, 0.15) is 0 Å². The topological polar surface area (TPSA) is 76.5 Å². The highest BCUT2D eigenvalue weighted by Crippen LogP contribution is 2.29. The van der Waals surface area contributed by atoms with Crippen LogP contribution in [0.2, 0.25) is 0 Å². The van der Waals surface area contributed by atoms with Crippen molar-refractivity contribution in [3.63, 3.8) is 0 Å². The molecule has 1 aromatic heterocycles. The molecule has 1 aromatic carbocycles. The molecule has 0 saturated heterocycles. The first-order valence-corrected chi connectivity index (χ1v) is 6.39. The number of aromatic nitrogens is 1. The maximum Gasteiger partial charge on any atom is 0.338 e. The van der Waals surface area contributed by atoms with Crippen LogP contribution in [0.1, 0.15) is 20.7 Å². The van der Waals surface area contributed by atoms with Gasteiger partial charge in [-0.3, -0.25) is 4.98 Å². The Hall–Kier alpha value is -2.21. The van der Waals surface area contributed by atoms with Gasteiger partial charge in [-0.1, -0.05) is 6.07 Å². The zero-order valence-corrected chi connectivity index (χ0v) is 12.0. The van der Waals surface area contributed by atoms with Crippen molar-refractivity contribution in [1.82, 2.24) is 4.98 Å². The molecule has 0 atom stereocenters. The summed E-state index contributed by atoms with van der Waals surface area (Å²) in [5, 5.41) is 9.29. The van der Waals surface area contributed by atoms with Gasteiger partial charge < -0.3 is 9.84 Å². The number of nitrogens with zero attached hydrogens (tertiary/aromatic N) is 1. The third-order valence-corrected chi connectivity index (χ3v) is 3.13. The Morgan fingerprint density at radius 1 is 1.25 bits per heavy atom. The van der Waals surface area contributed by atoms with Gasteiger partial charge >= 0.3 is 11.9 Å². The third-order valence-electron chi connectivity index (χ3n) is 2.69. The van der Waals surface area contributed by atoms with E-state index in [9.17, 15) is 14.7 Å². The fourth-order valence-electron chi connectivity index (χ4n) is 1.87. The van der Waals surface area contributed by atoms with Crippen molar-refractivity contribution in [3.8, 4) is 11.1 Å². The second-order valence-corrected chi connectivity index (χ2v) is 4.83. The number of carboxylic acids is 1. The number of pyridine rings is 1. The Morgan fingerprint density at radius 3 is 2.55 bits per heavy atom. The van der Waals surface area contributed by atoms with E-state index in [1.54, 1.807) is 12.3 Å². The summed E-state index contributed by atoms with van der Waals surface area (Å²) in [4.78, 5) is 27.2. The van der Waals surface area contributed by atoms with E-state index >= 15 is 0 Å². The second-order valence-electron chi connectivity index (χ2n) is 3.92. The van der Waals surface area contributed by atoms with E-state index < -0.39 is 11.9 Å². The Balaban J connectivity index is 2.76. The smallest absolute Gasteiger partial charge is 0.338 e. The van der Waals surface area contributed by atoms with E-state index in [0.717, 1.165) is 0 Å². The number of carboxylic acid groups (broad SMARTS) is 1. The quantitative estimate of drug-likeness (QED) is 0.872. The summed E-state index contributed by atoms with van der Waals surface area (Å²) in [6, 6.07) is 6.16. The van der Waals surface area contributed by atoms with Gasteiger partial charge in [-0.25, -0.2) is 9.59 Å². The Morgan fingerprint density at radius 2 is 1.95 bits per heavy atom. The number of aromatic carboxylic acids is 1. The third kappa shape index (κ3) is 2.70. The molecule has 5 nitrogen and oxygen atoms in total. The molecular formula is C14H10BrNO4. The monoisotopic (exact) mass is 335 g/mol. The van der Waals surface area contributed by atoms with Crippen LogP contribution in [0.25, 0.3) is 11.1 Å². The molecule has 1 heterocycles. The molecule has 2 rings (SSSR count). The van der Waals surface area contributed by atoms with Gasteiger partial charge in [-0.05, 0) is 34.1 Å². The lowest BCUT2D eigenvalue weighted by atomic mass is 9.95. The van der Waals surface area contributed by atoms with Crippen LogP contribution in [0.4, 0.5) is 0 Å². The molecule has 0 saturated carbocycles. The molecule has 0 aliphatic heterocycles. The molecule has 0 fully saturated rings. The lowest BCUT2D eigenvalue weighted by Gasteiger charge is -2.11. The minimum absolute atomic E-state index is 0.0211. The second kappa shape index (κ2) is 5.83. The van der Waals surface area contributed by atoms with Crippen LogP contribution in [0.3, 0.4) is 0 Å². The summed E-state index contributed by atoms with van der Waals surface area (Å²) in [6.07, 6.45) is 3.07. The predicted molar refractivity (Wildman–Crippen MR) is 75.7 cm³/mol. The Labute approximate surface area is 123 Å². The van der Waals surface area contributed by atoms with Crippen LogP contribution in [0, 0.1) is 0 Å². The van der Waals surface area contributed by atoms with E-state index in [1.165, 1.54) is 31.5 Å². The standard InChI is InChI=1S/C14H10BrNO4/c1-20-14(19)11-4-2-3-10(13(17)18)12(11)8-5-9(15)7-16-6-8/h2-7H,1H3,(H,17,18). The van der Waals surface area contributed by atoms with Gasteiger partial charge in [0.25, 0.3) is 0 Å². The summed E-state index contributed by atoms with van der Waals surface area (Å²) in [6.45, 7) is 0. The predicted octanol–water partition coefficient (Wildman–Crippen LogP) is 3.00. The molecule has 6 heteroatoms. The van der Waals surface area contributed by atoms with Crippen molar-refractivity contribution < 1.29 is 19.4 Å². The van der Waals surface area contributed by atoms with Crippen molar-refractivity contribution in [2.45, 2.75) is 0 Å². The average Bonchev–Trinajstić information content (AvgIpc) is 2.45. The summed E-state index contributed by atoms with van der Waals surface area (Å²) in [5.74, 6) is -1.71. The molecule has 0 bridgehead atoms. The normalized spacial score (nSPS) is 10.1. The van der Waals surface area contributed by atoms with Gasteiger partial charge in [0, 0.05) is 28.0 Å². The highest BCUT2D eigenvalue weighted by molar-refractivity contribution is 9.10. The van der Waals surface area contributed by atoms with E-state index in [4.69, 9.17) is 4.74 Å². The van der Waals surface area contributed by atoms with Gasteiger partial charge in [-0.2, -0.15) is 0 Å². The molecule has 0 aliphatic rings. The lowest BCUT2D eigenvalue weighted by molar-refractivity contribution is 0.0601. The Kier molecular flexibility index (Phi) is 4.14. The number of ether oxygens (including phenoxy) is 1. The van der Waals surface area contributed by atoms with Gasteiger partial charge in [0.15, 0.2) is 0 Å². The molecule has 0 aliphatic carbocycles. The SMILES string of the molecule is COC(=O)c1cccc(C(=O)O)c1-c1cncc(Br)c1. The minimum atomic E-state index is -1.12. The number of halogens is 1. The largest absolute Gasteiger partial charge is 0.478 e. The van der Waals surface area contributed by atoms with Gasteiger partial charge in [0.2, 0.25) is 0 Å². The number of carbonyl (C=O) groups excluding carboxylic acids is 1. The number of benzene rings is 1. The first-order valence-electron chi connectivity index (χ1n) is 5.60. The minimum Gasteiger partial charge on any atom is -0.478 e. The van der Waals surface area contributed by atoms with Gasteiger partial charge in [0.05, 0.1) is 18.2 Å². The van der Waals surface area contributed by atoms with Crippen molar-refractivity contribution >= 4 is 27.9 Å². The van der Waals surface area contributed by atoms with Gasteiger partial charge in [-0.15, -0.1) is 0 Å². The van der Waals surface area contributed by atoms with Crippen molar-refractivity contribution in [1.29, 1.82) is 0 Å². The van der Waals surface area contributed by atoms with Crippen molar-refractivity contribution in [3.05, 3.63) is 52.3 Å². The van der Waals surface area contributed by atoms with E-state index in [1.807, 2.05) is 0 Å². The highest BCUT2D eigenvalue weighted by atomic mass is 79.9. The van der Waals surface area contributed by atoms with Crippen LogP contribution in [0.5, 0.6) is 0 Å². The molecule has 102 valence electrons. The summed E-state index contributed by atoms with van der Waals surface area (Å²) >= 11 is 3.27. The van der Waals surface area contributed by atoms with Crippen LogP contribution in [-0.2, 0) is 4.74 Å². The molecule has 1 N–H and O–H groups in total. The fraction of sp³-hybridized carbons (Fsp3) is 0.0714. The average molecular weight is 336 g/mol. The number of hydrogen-bond acceptors (Lipinski definition) is 4. The summed E-state index contributed by atoms with van der Waals surface area (Å²) < 4.78 is 5.39. The first-order chi connectivity index (χ1) is 9.54. The van der Waals surface area contributed by atoms with Crippen LogP contribution >= 0.6 is 15.9 Å². The zero-order valence-electron chi connectivity index (χ0n) is 10.5. The van der Waals surface area contributed by atoms with E-state index in [-0.39, 0.29) is 11.1 Å².